The number of nitrogens with one attached hydrogen (secondary N) is 1. The molecule has 0 saturated carbocycles. The van der Waals surface area contributed by atoms with Crippen LogP contribution in [0.5, 0.6) is 0 Å². The van der Waals surface area contributed by atoms with Crippen LogP contribution in [0.25, 0.3) is 0 Å². The van der Waals surface area contributed by atoms with Gasteiger partial charge in [-0.15, -0.1) is 0 Å². The van der Waals surface area contributed by atoms with E-state index < -0.39 is 0 Å². The van der Waals surface area contributed by atoms with Crippen LogP contribution in [0.1, 0.15) is 43.0 Å². The summed E-state index contributed by atoms with van der Waals surface area (Å²) in [5, 5.41) is 8.23. The number of hydrogen-bond acceptors (Lipinski definition) is 3. The Hall–Kier alpha value is -2.34. The van der Waals surface area contributed by atoms with Gasteiger partial charge in [0.2, 0.25) is 0 Å². The lowest BCUT2D eigenvalue weighted by Gasteiger charge is -2.24. The molecule has 1 aromatic carbocycles. The highest BCUT2D eigenvalue weighted by atomic mass is 15.3. The summed E-state index contributed by atoms with van der Waals surface area (Å²) in [6, 6.07) is 10.8. The van der Waals surface area contributed by atoms with Gasteiger partial charge in [-0.05, 0) is 36.8 Å². The zero-order valence-corrected chi connectivity index (χ0v) is 19.3. The molecule has 6 heteroatoms. The molecule has 0 bridgehead atoms. The molecule has 1 aliphatic heterocycles. The monoisotopic (exact) mass is 410 g/mol. The standard InChI is InChI=1S/C24H38N6/c1-19(2)23-22(18-29(5)27-23)17-28(4)24(25-3)26-15-21-12-14-30(16-21)13-11-20-9-7-6-8-10-20/h6-10,18-19,21H,11-17H2,1-5H3,(H,25,26). The zero-order valence-electron chi connectivity index (χ0n) is 19.3. The summed E-state index contributed by atoms with van der Waals surface area (Å²) in [6.45, 7) is 9.69. The van der Waals surface area contributed by atoms with Crippen molar-refractivity contribution >= 4 is 5.96 Å². The number of aryl methyl sites for hydroxylation is 1. The highest BCUT2D eigenvalue weighted by Crippen LogP contribution is 2.19. The molecule has 30 heavy (non-hydrogen) atoms. The quantitative estimate of drug-likeness (QED) is 0.537. The fraction of sp³-hybridized carbons (Fsp3) is 0.583. The first-order chi connectivity index (χ1) is 14.5. The Bertz CT molecular complexity index is 810. The lowest BCUT2D eigenvalue weighted by Crippen LogP contribution is -2.41. The van der Waals surface area contributed by atoms with Crippen LogP contribution in [0.2, 0.25) is 0 Å². The molecule has 1 aromatic heterocycles. The maximum Gasteiger partial charge on any atom is 0.193 e. The van der Waals surface area contributed by atoms with Crippen molar-refractivity contribution in [2.75, 3.05) is 40.3 Å². The maximum absolute atomic E-state index is 4.63. The highest BCUT2D eigenvalue weighted by Gasteiger charge is 2.23. The van der Waals surface area contributed by atoms with Gasteiger partial charge in [-0.1, -0.05) is 44.2 Å². The Labute approximate surface area is 182 Å². The summed E-state index contributed by atoms with van der Waals surface area (Å²) in [4.78, 5) is 9.31. The smallest absolute Gasteiger partial charge is 0.193 e. The van der Waals surface area contributed by atoms with E-state index in [0.29, 0.717) is 11.8 Å². The van der Waals surface area contributed by atoms with Gasteiger partial charge >= 0.3 is 0 Å². The highest BCUT2D eigenvalue weighted by molar-refractivity contribution is 5.79. The average Bonchev–Trinajstić information content (AvgIpc) is 3.34. The second kappa shape index (κ2) is 10.6. The summed E-state index contributed by atoms with van der Waals surface area (Å²) in [5.74, 6) is 2.05. The van der Waals surface area contributed by atoms with E-state index in [1.54, 1.807) is 0 Å². The zero-order chi connectivity index (χ0) is 21.5. The van der Waals surface area contributed by atoms with Gasteiger partial charge < -0.3 is 15.1 Å². The van der Waals surface area contributed by atoms with Gasteiger partial charge in [0.1, 0.15) is 0 Å². The van der Waals surface area contributed by atoms with E-state index in [1.165, 1.54) is 36.3 Å². The van der Waals surface area contributed by atoms with Crippen molar-refractivity contribution in [2.45, 2.75) is 39.2 Å². The second-order valence-electron chi connectivity index (χ2n) is 8.84. The summed E-state index contributed by atoms with van der Waals surface area (Å²) in [6.07, 6.45) is 4.51. The molecule has 3 rings (SSSR count). The number of benzene rings is 1. The topological polar surface area (TPSA) is 48.7 Å². The minimum Gasteiger partial charge on any atom is -0.356 e. The SMILES string of the molecule is CN=C(NCC1CCN(CCc2ccccc2)C1)N(C)Cc1cn(C)nc1C(C)C. The van der Waals surface area contributed by atoms with Crippen LogP contribution in [0.15, 0.2) is 41.5 Å². The van der Waals surface area contributed by atoms with Crippen LogP contribution in [0.4, 0.5) is 0 Å². The van der Waals surface area contributed by atoms with E-state index in [0.717, 1.165) is 32.0 Å². The molecular formula is C24H38N6. The molecule has 0 amide bonds. The number of hydrogen-bond donors (Lipinski definition) is 1. The van der Waals surface area contributed by atoms with E-state index in [4.69, 9.17) is 0 Å². The van der Waals surface area contributed by atoms with Crippen molar-refractivity contribution in [3.8, 4) is 0 Å². The molecule has 1 saturated heterocycles. The minimum atomic E-state index is 0.421. The number of aliphatic imine (C=N–C) groups is 1. The molecule has 1 N–H and O–H groups in total. The minimum absolute atomic E-state index is 0.421. The molecule has 6 nitrogen and oxygen atoms in total. The number of aromatic nitrogens is 2. The third-order valence-corrected chi connectivity index (χ3v) is 5.94. The van der Waals surface area contributed by atoms with Crippen molar-refractivity contribution in [1.82, 2.24) is 24.9 Å². The predicted molar refractivity (Wildman–Crippen MR) is 125 cm³/mol. The van der Waals surface area contributed by atoms with Crippen LogP contribution in [0.3, 0.4) is 0 Å². The van der Waals surface area contributed by atoms with E-state index in [2.05, 4.69) is 82.6 Å². The van der Waals surface area contributed by atoms with Gasteiger partial charge in [0, 0.05) is 59.1 Å². The lowest BCUT2D eigenvalue weighted by atomic mass is 10.1. The van der Waals surface area contributed by atoms with Crippen LogP contribution < -0.4 is 5.32 Å². The first kappa shape index (κ1) is 22.3. The Balaban J connectivity index is 1.45. The fourth-order valence-electron chi connectivity index (χ4n) is 4.33. The number of guanidine groups is 1. The number of likely N-dealkylation sites (tertiary alicyclic amines) is 1. The second-order valence-corrected chi connectivity index (χ2v) is 8.84. The summed E-state index contributed by atoms with van der Waals surface area (Å²) >= 11 is 0. The Morgan fingerprint density at radius 3 is 2.77 bits per heavy atom. The van der Waals surface area contributed by atoms with Gasteiger partial charge in [-0.3, -0.25) is 9.67 Å². The molecule has 1 atom stereocenters. The molecule has 0 spiro atoms. The van der Waals surface area contributed by atoms with Crippen LogP contribution in [0, 0.1) is 5.92 Å². The van der Waals surface area contributed by atoms with Gasteiger partial charge in [0.15, 0.2) is 5.96 Å². The number of rotatable bonds is 8. The molecule has 164 valence electrons. The van der Waals surface area contributed by atoms with Gasteiger partial charge in [0.05, 0.1) is 5.69 Å². The predicted octanol–water partition coefficient (Wildman–Crippen LogP) is 3.12. The largest absolute Gasteiger partial charge is 0.356 e. The summed E-state index contributed by atoms with van der Waals surface area (Å²) in [7, 11) is 5.96. The molecule has 1 aliphatic rings. The Morgan fingerprint density at radius 2 is 2.07 bits per heavy atom. The summed E-state index contributed by atoms with van der Waals surface area (Å²) < 4.78 is 1.91. The summed E-state index contributed by atoms with van der Waals surface area (Å²) in [5.41, 5.74) is 3.87. The molecular weight excluding hydrogens is 372 g/mol. The molecule has 0 aliphatic carbocycles. The first-order valence-corrected chi connectivity index (χ1v) is 11.2. The first-order valence-electron chi connectivity index (χ1n) is 11.2. The third kappa shape index (κ3) is 6.08. The van der Waals surface area contributed by atoms with Gasteiger partial charge in [0.25, 0.3) is 0 Å². The van der Waals surface area contributed by atoms with Crippen molar-refractivity contribution < 1.29 is 0 Å². The molecule has 0 radical (unpaired) electrons. The van der Waals surface area contributed by atoms with Crippen molar-refractivity contribution in [3.05, 3.63) is 53.3 Å². The molecule has 1 unspecified atom stereocenters. The van der Waals surface area contributed by atoms with Gasteiger partial charge in [-0.2, -0.15) is 5.10 Å². The fourth-order valence-corrected chi connectivity index (χ4v) is 4.33. The Morgan fingerprint density at radius 1 is 1.30 bits per heavy atom. The normalized spacial score (nSPS) is 17.7. The lowest BCUT2D eigenvalue weighted by molar-refractivity contribution is 0.327. The van der Waals surface area contributed by atoms with E-state index >= 15 is 0 Å². The van der Waals surface area contributed by atoms with Crippen molar-refractivity contribution in [3.63, 3.8) is 0 Å². The van der Waals surface area contributed by atoms with Crippen LogP contribution in [-0.2, 0) is 20.0 Å². The Kier molecular flexibility index (Phi) is 7.91. The molecule has 1 fully saturated rings. The maximum atomic E-state index is 4.63. The van der Waals surface area contributed by atoms with Crippen molar-refractivity contribution in [2.24, 2.45) is 18.0 Å². The molecule has 2 heterocycles. The van der Waals surface area contributed by atoms with Gasteiger partial charge in [-0.25, -0.2) is 0 Å². The third-order valence-electron chi connectivity index (χ3n) is 5.94. The van der Waals surface area contributed by atoms with E-state index in [9.17, 15) is 0 Å². The van der Waals surface area contributed by atoms with E-state index in [-0.39, 0.29) is 0 Å². The van der Waals surface area contributed by atoms with E-state index in [1.807, 2.05) is 18.8 Å². The average molecular weight is 411 g/mol. The number of nitrogens with zero attached hydrogens (tertiary/aromatic N) is 5. The van der Waals surface area contributed by atoms with Crippen molar-refractivity contribution in [1.29, 1.82) is 0 Å². The molecule has 2 aromatic rings. The van der Waals surface area contributed by atoms with Crippen LogP contribution >= 0.6 is 0 Å². The van der Waals surface area contributed by atoms with Crippen LogP contribution in [-0.4, -0.2) is 65.8 Å².